The highest BCUT2D eigenvalue weighted by Gasteiger charge is 2.31. The maximum atomic E-state index is 13.2. The summed E-state index contributed by atoms with van der Waals surface area (Å²) in [5.74, 6) is -0.0819. The van der Waals surface area contributed by atoms with Crippen LogP contribution in [0.5, 0.6) is 0 Å². The Balaban J connectivity index is 1.43. The molecule has 0 N–H and O–H groups in total. The predicted molar refractivity (Wildman–Crippen MR) is 114 cm³/mol. The number of halogens is 3. The summed E-state index contributed by atoms with van der Waals surface area (Å²) in [5, 5.41) is 0. The SMILES string of the molecule is O=C(c1ccccc1)N1CCOC(c2cccc(-c3cnc4ccc(C(F)(F)F)cn34)n2)C1. The zero-order valence-corrected chi connectivity index (χ0v) is 17.4. The number of carbonyl (C=O) groups excluding carboxylic acids is 1. The van der Waals surface area contributed by atoms with Crippen LogP contribution in [0.1, 0.15) is 27.7 Å². The normalized spacial score (nSPS) is 16.8. The van der Waals surface area contributed by atoms with Crippen molar-refractivity contribution < 1.29 is 22.7 Å². The average molecular weight is 452 g/mol. The number of ether oxygens (including phenoxy) is 1. The molecule has 0 aliphatic carbocycles. The van der Waals surface area contributed by atoms with Gasteiger partial charge in [0, 0.05) is 18.3 Å². The monoisotopic (exact) mass is 452 g/mol. The standard InChI is InChI=1S/C24H19F3N4O2/c25-24(26,27)17-9-10-22-28-13-20(31(22)14-17)18-7-4-8-19(29-18)21-15-30(11-12-33-21)23(32)16-5-2-1-3-6-16/h1-10,13-14,21H,11-12,15H2. The Morgan fingerprint density at radius 3 is 2.64 bits per heavy atom. The number of carbonyl (C=O) groups is 1. The molecule has 1 aromatic carbocycles. The Morgan fingerprint density at radius 2 is 1.85 bits per heavy atom. The number of rotatable bonds is 3. The molecular weight excluding hydrogens is 433 g/mol. The first kappa shape index (κ1) is 21.1. The number of imidazole rings is 1. The number of pyridine rings is 2. The molecule has 0 radical (unpaired) electrons. The first-order valence-corrected chi connectivity index (χ1v) is 10.4. The lowest BCUT2D eigenvalue weighted by molar-refractivity contribution is -0.137. The second kappa shape index (κ2) is 8.32. The van der Waals surface area contributed by atoms with E-state index in [1.54, 1.807) is 35.2 Å². The van der Waals surface area contributed by atoms with Crippen molar-refractivity contribution >= 4 is 11.6 Å². The number of hydrogen-bond donors (Lipinski definition) is 0. The van der Waals surface area contributed by atoms with Crippen LogP contribution in [0.4, 0.5) is 13.2 Å². The summed E-state index contributed by atoms with van der Waals surface area (Å²) in [6.07, 6.45) is -2.40. The predicted octanol–water partition coefficient (Wildman–Crippen LogP) is 4.63. The highest BCUT2D eigenvalue weighted by Crippen LogP contribution is 2.31. The topological polar surface area (TPSA) is 59.7 Å². The Bertz CT molecular complexity index is 1300. The molecule has 168 valence electrons. The summed E-state index contributed by atoms with van der Waals surface area (Å²) < 4.78 is 46.8. The van der Waals surface area contributed by atoms with Gasteiger partial charge in [-0.25, -0.2) is 9.97 Å². The smallest absolute Gasteiger partial charge is 0.368 e. The number of morpholine rings is 1. The van der Waals surface area contributed by atoms with E-state index in [1.165, 1.54) is 16.7 Å². The van der Waals surface area contributed by atoms with E-state index in [0.29, 0.717) is 48.0 Å². The fraction of sp³-hybridized carbons (Fsp3) is 0.208. The summed E-state index contributed by atoms with van der Waals surface area (Å²) in [6, 6.07) is 16.6. The van der Waals surface area contributed by atoms with Gasteiger partial charge in [-0.05, 0) is 36.4 Å². The Hall–Kier alpha value is -3.72. The van der Waals surface area contributed by atoms with Crippen LogP contribution >= 0.6 is 0 Å². The van der Waals surface area contributed by atoms with E-state index >= 15 is 0 Å². The molecule has 1 atom stereocenters. The van der Waals surface area contributed by atoms with Crippen LogP contribution in [0.15, 0.2) is 73.1 Å². The zero-order chi connectivity index (χ0) is 23.0. The molecule has 9 heteroatoms. The van der Waals surface area contributed by atoms with E-state index in [9.17, 15) is 18.0 Å². The molecular formula is C24H19F3N4O2. The maximum absolute atomic E-state index is 13.2. The Labute approximate surface area is 187 Å². The Morgan fingerprint density at radius 1 is 1.03 bits per heavy atom. The van der Waals surface area contributed by atoms with E-state index < -0.39 is 17.8 Å². The number of amides is 1. The molecule has 1 unspecified atom stereocenters. The van der Waals surface area contributed by atoms with E-state index in [0.717, 1.165) is 12.3 Å². The molecule has 1 amide bonds. The van der Waals surface area contributed by atoms with E-state index in [1.807, 2.05) is 18.2 Å². The van der Waals surface area contributed by atoms with Gasteiger partial charge in [0.25, 0.3) is 5.91 Å². The number of alkyl halides is 3. The molecule has 4 aromatic rings. The van der Waals surface area contributed by atoms with E-state index in [2.05, 4.69) is 9.97 Å². The van der Waals surface area contributed by atoms with Gasteiger partial charge in [0.2, 0.25) is 0 Å². The quantitative estimate of drug-likeness (QED) is 0.455. The van der Waals surface area contributed by atoms with Crippen LogP contribution in [0, 0.1) is 0 Å². The molecule has 4 heterocycles. The molecule has 5 rings (SSSR count). The third-order valence-corrected chi connectivity index (χ3v) is 5.57. The third-order valence-electron chi connectivity index (χ3n) is 5.57. The number of nitrogens with zero attached hydrogens (tertiary/aromatic N) is 4. The van der Waals surface area contributed by atoms with Crippen molar-refractivity contribution in [1.29, 1.82) is 0 Å². The summed E-state index contributed by atoms with van der Waals surface area (Å²) in [5.41, 5.74) is 1.72. The van der Waals surface area contributed by atoms with Gasteiger partial charge in [0.05, 0.1) is 42.0 Å². The van der Waals surface area contributed by atoms with Crippen molar-refractivity contribution in [3.05, 3.63) is 89.9 Å². The van der Waals surface area contributed by atoms with Gasteiger partial charge in [-0.3, -0.25) is 9.20 Å². The van der Waals surface area contributed by atoms with Crippen molar-refractivity contribution in [3.8, 4) is 11.4 Å². The number of benzene rings is 1. The van der Waals surface area contributed by atoms with Crippen molar-refractivity contribution in [2.45, 2.75) is 12.3 Å². The molecule has 0 saturated carbocycles. The molecule has 0 bridgehead atoms. The van der Waals surface area contributed by atoms with Crippen molar-refractivity contribution in [1.82, 2.24) is 19.3 Å². The third kappa shape index (κ3) is 4.19. The lowest BCUT2D eigenvalue weighted by Crippen LogP contribution is -2.42. The second-order valence-corrected chi connectivity index (χ2v) is 7.71. The van der Waals surface area contributed by atoms with Gasteiger partial charge in [-0.2, -0.15) is 13.2 Å². The summed E-state index contributed by atoms with van der Waals surface area (Å²) in [6.45, 7) is 1.16. The zero-order valence-electron chi connectivity index (χ0n) is 17.4. The lowest BCUT2D eigenvalue weighted by atomic mass is 10.1. The lowest BCUT2D eigenvalue weighted by Gasteiger charge is -2.32. The molecule has 1 aliphatic heterocycles. The van der Waals surface area contributed by atoms with E-state index in [-0.39, 0.29) is 5.91 Å². The number of hydrogen-bond acceptors (Lipinski definition) is 4. The minimum absolute atomic E-state index is 0.0819. The van der Waals surface area contributed by atoms with Gasteiger partial charge < -0.3 is 9.64 Å². The van der Waals surface area contributed by atoms with Gasteiger partial charge >= 0.3 is 6.18 Å². The first-order chi connectivity index (χ1) is 15.9. The highest BCUT2D eigenvalue weighted by atomic mass is 19.4. The average Bonchev–Trinajstić information content (AvgIpc) is 3.27. The molecule has 1 aliphatic rings. The van der Waals surface area contributed by atoms with E-state index in [4.69, 9.17) is 4.74 Å². The van der Waals surface area contributed by atoms with Gasteiger partial charge in [-0.15, -0.1) is 0 Å². The minimum atomic E-state index is -4.46. The summed E-state index contributed by atoms with van der Waals surface area (Å²) >= 11 is 0. The molecule has 33 heavy (non-hydrogen) atoms. The second-order valence-electron chi connectivity index (χ2n) is 7.71. The van der Waals surface area contributed by atoms with Crippen LogP contribution in [-0.4, -0.2) is 44.9 Å². The van der Waals surface area contributed by atoms with Gasteiger partial charge in [0.1, 0.15) is 11.8 Å². The van der Waals surface area contributed by atoms with Gasteiger partial charge in [-0.1, -0.05) is 24.3 Å². The number of aromatic nitrogens is 3. The maximum Gasteiger partial charge on any atom is 0.417 e. The van der Waals surface area contributed by atoms with Crippen LogP contribution in [-0.2, 0) is 10.9 Å². The molecule has 1 fully saturated rings. The fourth-order valence-corrected chi connectivity index (χ4v) is 3.89. The van der Waals surface area contributed by atoms with Crippen molar-refractivity contribution in [2.24, 2.45) is 0 Å². The molecule has 3 aromatic heterocycles. The van der Waals surface area contributed by atoms with Crippen LogP contribution < -0.4 is 0 Å². The van der Waals surface area contributed by atoms with Crippen LogP contribution in [0.3, 0.4) is 0 Å². The number of fused-ring (bicyclic) bond motifs is 1. The van der Waals surface area contributed by atoms with Crippen molar-refractivity contribution in [2.75, 3.05) is 19.7 Å². The molecule has 0 spiro atoms. The largest absolute Gasteiger partial charge is 0.417 e. The molecule has 6 nitrogen and oxygen atoms in total. The Kier molecular flexibility index (Phi) is 5.33. The van der Waals surface area contributed by atoms with Crippen molar-refractivity contribution in [3.63, 3.8) is 0 Å². The summed E-state index contributed by atoms with van der Waals surface area (Å²) in [7, 11) is 0. The van der Waals surface area contributed by atoms with Gasteiger partial charge in [0.15, 0.2) is 0 Å². The molecule has 1 saturated heterocycles. The highest BCUT2D eigenvalue weighted by molar-refractivity contribution is 5.94. The fourth-order valence-electron chi connectivity index (χ4n) is 3.89. The van der Waals surface area contributed by atoms with Crippen LogP contribution in [0.25, 0.3) is 17.0 Å². The first-order valence-electron chi connectivity index (χ1n) is 10.4. The summed E-state index contributed by atoms with van der Waals surface area (Å²) in [4.78, 5) is 23.4. The minimum Gasteiger partial charge on any atom is -0.368 e. The van der Waals surface area contributed by atoms with Crippen LogP contribution in [0.2, 0.25) is 0 Å².